The maximum Gasteiger partial charge on any atom is 0.218 e. The highest BCUT2D eigenvalue weighted by Gasteiger charge is 2.27. The van der Waals surface area contributed by atoms with Crippen LogP contribution in [0.15, 0.2) is 28.7 Å². The second-order valence-corrected chi connectivity index (χ2v) is 5.76. The van der Waals surface area contributed by atoms with Crippen molar-refractivity contribution in [2.24, 2.45) is 5.73 Å². The summed E-state index contributed by atoms with van der Waals surface area (Å²) in [6, 6.07) is 7.55. The summed E-state index contributed by atoms with van der Waals surface area (Å²) < 4.78 is 0.977. The van der Waals surface area contributed by atoms with Gasteiger partial charge in [-0.05, 0) is 31.0 Å². The lowest BCUT2D eigenvalue weighted by atomic mass is 9.91. The molecule has 1 amide bonds. The average molecular weight is 329 g/mol. The molecular formula is C14H21BrN2O2. The van der Waals surface area contributed by atoms with E-state index in [1.807, 2.05) is 38.1 Å². The Morgan fingerprint density at radius 2 is 2.05 bits per heavy atom. The van der Waals surface area contributed by atoms with E-state index in [9.17, 15) is 9.90 Å². The Kier molecular flexibility index (Phi) is 5.97. The third kappa shape index (κ3) is 4.93. The molecule has 1 rings (SSSR count). The number of primary amides is 1. The number of hydrogen-bond acceptors (Lipinski definition) is 3. The van der Waals surface area contributed by atoms with E-state index in [-0.39, 0.29) is 18.4 Å². The fourth-order valence-electron chi connectivity index (χ4n) is 1.91. The first-order valence-electron chi connectivity index (χ1n) is 6.37. The van der Waals surface area contributed by atoms with Crippen molar-refractivity contribution in [3.05, 3.63) is 34.3 Å². The van der Waals surface area contributed by atoms with Gasteiger partial charge in [-0.15, -0.1) is 0 Å². The van der Waals surface area contributed by atoms with Crippen molar-refractivity contribution in [2.45, 2.75) is 38.3 Å². The van der Waals surface area contributed by atoms with Crippen LogP contribution in [0.4, 0.5) is 0 Å². The fourth-order valence-corrected chi connectivity index (χ4v) is 2.17. The molecule has 2 atom stereocenters. The minimum Gasteiger partial charge on any atom is -0.384 e. The summed E-state index contributed by atoms with van der Waals surface area (Å²) in [7, 11) is 0. The Labute approximate surface area is 122 Å². The summed E-state index contributed by atoms with van der Waals surface area (Å²) in [6.07, 6.45) is 0.852. The second kappa shape index (κ2) is 7.03. The van der Waals surface area contributed by atoms with E-state index in [1.165, 1.54) is 0 Å². The zero-order valence-corrected chi connectivity index (χ0v) is 12.9. The first-order valence-corrected chi connectivity index (χ1v) is 7.17. The number of halogens is 1. The molecule has 0 heterocycles. The van der Waals surface area contributed by atoms with Gasteiger partial charge in [0.2, 0.25) is 5.91 Å². The molecule has 0 aromatic heterocycles. The van der Waals surface area contributed by atoms with Gasteiger partial charge >= 0.3 is 0 Å². The van der Waals surface area contributed by atoms with Gasteiger partial charge in [-0.1, -0.05) is 35.0 Å². The van der Waals surface area contributed by atoms with Crippen LogP contribution in [-0.4, -0.2) is 23.6 Å². The number of nitrogens with one attached hydrogen (secondary N) is 1. The summed E-state index contributed by atoms with van der Waals surface area (Å²) in [4.78, 5) is 10.8. The van der Waals surface area contributed by atoms with Crippen molar-refractivity contribution in [2.75, 3.05) is 6.54 Å². The molecule has 0 aliphatic carbocycles. The van der Waals surface area contributed by atoms with Crippen LogP contribution in [0, 0.1) is 0 Å². The van der Waals surface area contributed by atoms with Crippen LogP contribution >= 0.6 is 15.9 Å². The SMILES string of the molecule is CCC(O)(CNC(C)CC(N)=O)c1ccc(Br)cc1. The van der Waals surface area contributed by atoms with Gasteiger partial charge in [-0.25, -0.2) is 0 Å². The van der Waals surface area contributed by atoms with E-state index >= 15 is 0 Å². The summed E-state index contributed by atoms with van der Waals surface area (Å²) in [5.41, 5.74) is 5.07. The number of carbonyl (C=O) groups is 1. The zero-order chi connectivity index (χ0) is 14.5. The normalized spacial score (nSPS) is 15.8. The molecule has 0 saturated heterocycles. The minimum absolute atomic E-state index is 0.0500. The van der Waals surface area contributed by atoms with Crippen molar-refractivity contribution < 1.29 is 9.90 Å². The lowest BCUT2D eigenvalue weighted by Gasteiger charge is -2.29. The molecule has 0 spiro atoms. The molecular weight excluding hydrogens is 308 g/mol. The Bertz CT molecular complexity index is 422. The van der Waals surface area contributed by atoms with E-state index in [4.69, 9.17) is 5.73 Å². The van der Waals surface area contributed by atoms with E-state index in [0.29, 0.717) is 13.0 Å². The van der Waals surface area contributed by atoms with Crippen molar-refractivity contribution in [1.29, 1.82) is 0 Å². The zero-order valence-electron chi connectivity index (χ0n) is 11.3. The first kappa shape index (κ1) is 16.1. The van der Waals surface area contributed by atoms with Gasteiger partial charge in [-0.2, -0.15) is 0 Å². The molecule has 19 heavy (non-hydrogen) atoms. The van der Waals surface area contributed by atoms with E-state index in [2.05, 4.69) is 21.2 Å². The number of amides is 1. The fraction of sp³-hybridized carbons (Fsp3) is 0.500. The van der Waals surface area contributed by atoms with Crippen LogP contribution in [0.3, 0.4) is 0 Å². The van der Waals surface area contributed by atoms with Gasteiger partial charge < -0.3 is 16.2 Å². The summed E-state index contributed by atoms with van der Waals surface area (Å²) in [5.74, 6) is -0.344. The van der Waals surface area contributed by atoms with Gasteiger partial charge in [0.25, 0.3) is 0 Å². The highest BCUT2D eigenvalue weighted by molar-refractivity contribution is 9.10. The number of rotatable bonds is 7. The van der Waals surface area contributed by atoms with Gasteiger partial charge in [0.05, 0.1) is 0 Å². The molecule has 4 N–H and O–H groups in total. The highest BCUT2D eigenvalue weighted by Crippen LogP contribution is 2.25. The molecule has 5 heteroatoms. The van der Waals surface area contributed by atoms with Crippen molar-refractivity contribution in [1.82, 2.24) is 5.32 Å². The topological polar surface area (TPSA) is 75.3 Å². The third-order valence-electron chi connectivity index (χ3n) is 3.22. The number of aliphatic hydroxyl groups is 1. The molecule has 0 saturated carbocycles. The Morgan fingerprint density at radius 1 is 1.47 bits per heavy atom. The average Bonchev–Trinajstić information content (AvgIpc) is 2.36. The third-order valence-corrected chi connectivity index (χ3v) is 3.75. The second-order valence-electron chi connectivity index (χ2n) is 4.84. The lowest BCUT2D eigenvalue weighted by molar-refractivity contribution is -0.118. The van der Waals surface area contributed by atoms with Gasteiger partial charge in [0, 0.05) is 23.5 Å². The number of hydrogen-bond donors (Lipinski definition) is 3. The molecule has 0 fully saturated rings. The molecule has 2 unspecified atom stereocenters. The standard InChI is InChI=1S/C14H21BrN2O2/c1-3-14(19,9-17-10(2)8-13(16)18)11-4-6-12(15)7-5-11/h4-7,10,17,19H,3,8-9H2,1-2H3,(H2,16,18). The largest absolute Gasteiger partial charge is 0.384 e. The van der Waals surface area contributed by atoms with Crippen LogP contribution in [0.25, 0.3) is 0 Å². The van der Waals surface area contributed by atoms with E-state index in [0.717, 1.165) is 10.0 Å². The van der Waals surface area contributed by atoms with E-state index in [1.54, 1.807) is 0 Å². The van der Waals surface area contributed by atoms with Crippen molar-refractivity contribution in [3.63, 3.8) is 0 Å². The van der Waals surface area contributed by atoms with Crippen molar-refractivity contribution >= 4 is 21.8 Å². The molecule has 4 nitrogen and oxygen atoms in total. The summed E-state index contributed by atoms with van der Waals surface area (Å²) in [5, 5.41) is 13.8. The predicted octanol–water partition coefficient (Wildman–Crippen LogP) is 1.90. The van der Waals surface area contributed by atoms with Crippen LogP contribution < -0.4 is 11.1 Å². The van der Waals surface area contributed by atoms with Crippen LogP contribution in [0.1, 0.15) is 32.3 Å². The van der Waals surface area contributed by atoms with Crippen molar-refractivity contribution in [3.8, 4) is 0 Å². The van der Waals surface area contributed by atoms with Gasteiger partial charge in [-0.3, -0.25) is 4.79 Å². The monoisotopic (exact) mass is 328 g/mol. The number of nitrogens with two attached hydrogens (primary N) is 1. The molecule has 0 aliphatic rings. The first-order chi connectivity index (χ1) is 8.87. The molecule has 106 valence electrons. The Balaban J connectivity index is 2.70. The molecule has 1 aromatic carbocycles. The van der Waals surface area contributed by atoms with Crippen LogP contribution in [-0.2, 0) is 10.4 Å². The predicted molar refractivity (Wildman–Crippen MR) is 79.6 cm³/mol. The quantitative estimate of drug-likeness (QED) is 0.715. The lowest BCUT2D eigenvalue weighted by Crippen LogP contribution is -2.42. The molecule has 0 aliphatic heterocycles. The number of carbonyl (C=O) groups excluding carboxylic acids is 1. The minimum atomic E-state index is -0.938. The van der Waals surface area contributed by atoms with E-state index < -0.39 is 5.60 Å². The summed E-state index contributed by atoms with van der Waals surface area (Å²) in [6.45, 7) is 4.20. The highest BCUT2D eigenvalue weighted by atomic mass is 79.9. The number of benzene rings is 1. The summed E-state index contributed by atoms with van der Waals surface area (Å²) >= 11 is 3.37. The van der Waals surface area contributed by atoms with Gasteiger partial charge in [0.15, 0.2) is 0 Å². The van der Waals surface area contributed by atoms with Crippen LogP contribution in [0.5, 0.6) is 0 Å². The molecule has 0 radical (unpaired) electrons. The molecule has 0 bridgehead atoms. The van der Waals surface area contributed by atoms with Crippen LogP contribution in [0.2, 0.25) is 0 Å². The Morgan fingerprint density at radius 3 is 2.53 bits per heavy atom. The maximum atomic E-state index is 10.8. The Hall–Kier alpha value is -0.910. The maximum absolute atomic E-state index is 10.8. The molecule has 1 aromatic rings. The van der Waals surface area contributed by atoms with Gasteiger partial charge in [0.1, 0.15) is 5.60 Å². The smallest absolute Gasteiger partial charge is 0.218 e.